The van der Waals surface area contributed by atoms with Gasteiger partial charge in [0.1, 0.15) is 5.82 Å². The number of nitrogens with one attached hydrogen (secondary N) is 1. The molecule has 1 saturated heterocycles. The van der Waals surface area contributed by atoms with Crippen molar-refractivity contribution in [2.75, 3.05) is 19.7 Å². The summed E-state index contributed by atoms with van der Waals surface area (Å²) < 4.78 is 31.4. The predicted molar refractivity (Wildman–Crippen MR) is 57.4 cm³/mol. The SMILES string of the molecule is Fc1ccc(F)c(OCC2CCNCC2)c1. The van der Waals surface area contributed by atoms with Gasteiger partial charge in [0.2, 0.25) is 0 Å². The van der Waals surface area contributed by atoms with Crippen molar-refractivity contribution in [3.8, 4) is 5.75 Å². The number of benzene rings is 1. The van der Waals surface area contributed by atoms with Crippen molar-refractivity contribution in [3.05, 3.63) is 29.8 Å². The number of rotatable bonds is 3. The molecule has 0 aromatic heterocycles. The summed E-state index contributed by atoms with van der Waals surface area (Å²) in [5.74, 6) is -0.528. The highest BCUT2D eigenvalue weighted by Gasteiger charge is 2.14. The normalized spacial score (nSPS) is 17.4. The topological polar surface area (TPSA) is 21.3 Å². The molecule has 1 aromatic carbocycles. The Morgan fingerprint density at radius 3 is 2.75 bits per heavy atom. The molecule has 1 aliphatic heterocycles. The van der Waals surface area contributed by atoms with E-state index in [1.807, 2.05) is 0 Å². The van der Waals surface area contributed by atoms with Crippen molar-refractivity contribution >= 4 is 0 Å². The van der Waals surface area contributed by atoms with Gasteiger partial charge in [-0.2, -0.15) is 0 Å². The second kappa shape index (κ2) is 5.25. The Morgan fingerprint density at radius 2 is 2.00 bits per heavy atom. The van der Waals surface area contributed by atoms with Gasteiger partial charge in [-0.3, -0.25) is 0 Å². The van der Waals surface area contributed by atoms with E-state index >= 15 is 0 Å². The van der Waals surface area contributed by atoms with Gasteiger partial charge in [0.25, 0.3) is 0 Å². The Kier molecular flexibility index (Phi) is 3.72. The molecule has 1 aliphatic rings. The fourth-order valence-corrected chi connectivity index (χ4v) is 1.84. The van der Waals surface area contributed by atoms with Gasteiger partial charge in [-0.15, -0.1) is 0 Å². The largest absolute Gasteiger partial charge is 0.490 e. The zero-order valence-electron chi connectivity index (χ0n) is 9.01. The molecule has 0 radical (unpaired) electrons. The highest BCUT2D eigenvalue weighted by molar-refractivity contribution is 5.24. The van der Waals surface area contributed by atoms with Crippen LogP contribution >= 0.6 is 0 Å². The van der Waals surface area contributed by atoms with Crippen LogP contribution in [0.2, 0.25) is 0 Å². The third-order valence-electron chi connectivity index (χ3n) is 2.83. The summed E-state index contributed by atoms with van der Waals surface area (Å²) >= 11 is 0. The summed E-state index contributed by atoms with van der Waals surface area (Å²) in [4.78, 5) is 0. The predicted octanol–water partition coefficient (Wildman–Crippen LogP) is 2.34. The van der Waals surface area contributed by atoms with Crippen LogP contribution in [0.15, 0.2) is 18.2 Å². The average Bonchev–Trinajstić information content (AvgIpc) is 2.32. The zero-order chi connectivity index (χ0) is 11.4. The van der Waals surface area contributed by atoms with Crippen LogP contribution in [0.25, 0.3) is 0 Å². The molecule has 0 spiro atoms. The van der Waals surface area contributed by atoms with Gasteiger partial charge in [-0.1, -0.05) is 0 Å². The van der Waals surface area contributed by atoms with E-state index in [-0.39, 0.29) is 5.75 Å². The fourth-order valence-electron chi connectivity index (χ4n) is 1.84. The Hall–Kier alpha value is -1.16. The minimum absolute atomic E-state index is 0.0125. The van der Waals surface area contributed by atoms with E-state index in [2.05, 4.69) is 5.32 Å². The van der Waals surface area contributed by atoms with Gasteiger partial charge in [-0.05, 0) is 44.0 Å². The van der Waals surface area contributed by atoms with Gasteiger partial charge in [-0.25, -0.2) is 8.78 Å². The van der Waals surface area contributed by atoms with Crippen molar-refractivity contribution in [1.29, 1.82) is 0 Å². The van der Waals surface area contributed by atoms with Crippen molar-refractivity contribution < 1.29 is 13.5 Å². The Bertz CT molecular complexity index is 351. The summed E-state index contributed by atoms with van der Waals surface area (Å²) in [5.41, 5.74) is 0. The highest BCUT2D eigenvalue weighted by atomic mass is 19.1. The monoisotopic (exact) mass is 227 g/mol. The number of ether oxygens (including phenoxy) is 1. The lowest BCUT2D eigenvalue weighted by Crippen LogP contribution is -2.30. The Labute approximate surface area is 93.6 Å². The van der Waals surface area contributed by atoms with E-state index in [4.69, 9.17) is 4.74 Å². The number of hydrogen-bond donors (Lipinski definition) is 1. The molecule has 0 unspecified atom stereocenters. The summed E-state index contributed by atoms with van der Waals surface area (Å²) in [7, 11) is 0. The van der Waals surface area contributed by atoms with Crippen LogP contribution in [0.4, 0.5) is 8.78 Å². The van der Waals surface area contributed by atoms with Crippen LogP contribution in [0, 0.1) is 17.6 Å². The first-order chi connectivity index (χ1) is 7.75. The van der Waals surface area contributed by atoms with E-state index in [1.54, 1.807) is 0 Å². The van der Waals surface area contributed by atoms with Gasteiger partial charge < -0.3 is 10.1 Å². The van der Waals surface area contributed by atoms with Gasteiger partial charge >= 0.3 is 0 Å². The number of piperidine rings is 1. The van der Waals surface area contributed by atoms with Crippen LogP contribution in [0.1, 0.15) is 12.8 Å². The minimum Gasteiger partial charge on any atom is -0.490 e. The molecule has 88 valence electrons. The third-order valence-corrected chi connectivity index (χ3v) is 2.83. The second-order valence-corrected chi connectivity index (χ2v) is 4.08. The summed E-state index contributed by atoms with van der Waals surface area (Å²) in [5, 5.41) is 3.24. The smallest absolute Gasteiger partial charge is 0.165 e. The van der Waals surface area contributed by atoms with E-state index < -0.39 is 11.6 Å². The zero-order valence-corrected chi connectivity index (χ0v) is 9.01. The number of hydrogen-bond acceptors (Lipinski definition) is 2. The maximum Gasteiger partial charge on any atom is 0.165 e. The molecule has 0 bridgehead atoms. The molecule has 4 heteroatoms. The molecule has 0 amide bonds. The lowest BCUT2D eigenvalue weighted by molar-refractivity contribution is 0.207. The lowest BCUT2D eigenvalue weighted by Gasteiger charge is -2.22. The van der Waals surface area contributed by atoms with E-state index in [0.29, 0.717) is 12.5 Å². The molecule has 16 heavy (non-hydrogen) atoms. The molecule has 2 rings (SSSR count). The maximum absolute atomic E-state index is 13.2. The van der Waals surface area contributed by atoms with Gasteiger partial charge in [0.05, 0.1) is 6.61 Å². The third kappa shape index (κ3) is 2.92. The van der Waals surface area contributed by atoms with Crippen molar-refractivity contribution in [2.45, 2.75) is 12.8 Å². The number of halogens is 2. The first-order valence-electron chi connectivity index (χ1n) is 5.54. The molecule has 1 N–H and O–H groups in total. The second-order valence-electron chi connectivity index (χ2n) is 4.08. The van der Waals surface area contributed by atoms with Crippen molar-refractivity contribution in [1.82, 2.24) is 5.32 Å². The molecular formula is C12H15F2NO. The van der Waals surface area contributed by atoms with Crippen LogP contribution in [0.3, 0.4) is 0 Å². The average molecular weight is 227 g/mol. The van der Waals surface area contributed by atoms with Crippen molar-refractivity contribution in [3.63, 3.8) is 0 Å². The van der Waals surface area contributed by atoms with Crippen LogP contribution < -0.4 is 10.1 Å². The molecule has 2 nitrogen and oxygen atoms in total. The van der Waals surface area contributed by atoms with Crippen LogP contribution in [-0.4, -0.2) is 19.7 Å². The molecular weight excluding hydrogens is 212 g/mol. The minimum atomic E-state index is -0.504. The summed E-state index contributed by atoms with van der Waals surface area (Å²) in [6.07, 6.45) is 2.05. The molecule has 0 atom stereocenters. The summed E-state index contributed by atoms with van der Waals surface area (Å²) in [6, 6.07) is 3.27. The van der Waals surface area contributed by atoms with E-state index in [0.717, 1.165) is 44.1 Å². The fraction of sp³-hybridized carbons (Fsp3) is 0.500. The Morgan fingerprint density at radius 1 is 1.25 bits per heavy atom. The van der Waals surface area contributed by atoms with Crippen molar-refractivity contribution in [2.24, 2.45) is 5.92 Å². The summed E-state index contributed by atoms with van der Waals surface area (Å²) in [6.45, 7) is 2.40. The van der Waals surface area contributed by atoms with E-state index in [1.165, 1.54) is 0 Å². The van der Waals surface area contributed by atoms with Crippen LogP contribution in [-0.2, 0) is 0 Å². The van der Waals surface area contributed by atoms with E-state index in [9.17, 15) is 8.78 Å². The molecule has 0 aliphatic carbocycles. The molecule has 0 saturated carbocycles. The molecule has 1 heterocycles. The van der Waals surface area contributed by atoms with Gasteiger partial charge in [0.15, 0.2) is 11.6 Å². The Balaban J connectivity index is 1.90. The van der Waals surface area contributed by atoms with Gasteiger partial charge in [0, 0.05) is 6.07 Å². The quantitative estimate of drug-likeness (QED) is 0.855. The standard InChI is InChI=1S/C12H15F2NO/c13-10-1-2-11(14)12(7-10)16-8-9-3-5-15-6-4-9/h1-2,7,9,15H,3-6,8H2. The highest BCUT2D eigenvalue weighted by Crippen LogP contribution is 2.20. The molecule has 1 aromatic rings. The first-order valence-corrected chi connectivity index (χ1v) is 5.54. The lowest BCUT2D eigenvalue weighted by atomic mass is 9.99. The first kappa shape index (κ1) is 11.3. The maximum atomic E-state index is 13.2. The van der Waals surface area contributed by atoms with Crippen LogP contribution in [0.5, 0.6) is 5.75 Å². The molecule has 1 fully saturated rings.